The highest BCUT2D eigenvalue weighted by molar-refractivity contribution is 7.47. The van der Waals surface area contributed by atoms with Gasteiger partial charge < -0.3 is 20.1 Å². The maximum absolute atomic E-state index is 12.5. The number of hydrogen-bond donors (Lipinski definition) is 2. The van der Waals surface area contributed by atoms with E-state index in [1.54, 1.807) is 0 Å². The molecule has 2 atom stereocenters. The molecule has 10 heteroatoms. The second-order valence-electron chi connectivity index (χ2n) is 13.5. The molecule has 55 heavy (non-hydrogen) atoms. The van der Waals surface area contributed by atoms with Crippen LogP contribution in [0.1, 0.15) is 155 Å². The van der Waals surface area contributed by atoms with Crippen LogP contribution in [0.3, 0.4) is 0 Å². The summed E-state index contributed by atoms with van der Waals surface area (Å²) in [7, 11) is -4.41. The van der Waals surface area contributed by atoms with Crippen molar-refractivity contribution in [3.05, 3.63) is 85.1 Å². The molecule has 3 N–H and O–H groups in total. The number of hydrogen-bond acceptors (Lipinski definition) is 8. The lowest BCUT2D eigenvalue weighted by Crippen LogP contribution is -2.29. The Morgan fingerprint density at radius 3 is 1.42 bits per heavy atom. The minimum absolute atomic E-state index is 0.0307. The Balaban J connectivity index is 4.41. The Morgan fingerprint density at radius 2 is 0.945 bits per heavy atom. The molecular weight excluding hydrogens is 713 g/mol. The molecule has 0 aliphatic carbocycles. The summed E-state index contributed by atoms with van der Waals surface area (Å²) in [6.45, 7) is 3.53. The number of esters is 2. The summed E-state index contributed by atoms with van der Waals surface area (Å²) in [5.41, 5.74) is 5.33. The molecule has 0 aromatic rings. The normalized spacial score (nSPS) is 14.2. The Hall–Kier alpha value is -2.81. The van der Waals surface area contributed by atoms with Crippen molar-refractivity contribution in [2.45, 2.75) is 161 Å². The average molecular weight is 790 g/mol. The van der Waals surface area contributed by atoms with Gasteiger partial charge in [-0.2, -0.15) is 0 Å². The lowest BCUT2D eigenvalue weighted by Gasteiger charge is -2.19. The van der Waals surface area contributed by atoms with Crippen molar-refractivity contribution in [2.75, 3.05) is 26.4 Å². The molecule has 314 valence electrons. The van der Waals surface area contributed by atoms with Crippen LogP contribution in [0, 0.1) is 0 Å². The molecule has 0 bridgehead atoms. The van der Waals surface area contributed by atoms with Gasteiger partial charge in [-0.05, 0) is 70.6 Å². The van der Waals surface area contributed by atoms with Crippen LogP contribution in [0.5, 0.6) is 0 Å². The fourth-order valence-electron chi connectivity index (χ4n) is 5.14. The van der Waals surface area contributed by atoms with Crippen LogP contribution in [-0.2, 0) is 32.7 Å². The van der Waals surface area contributed by atoms with E-state index in [1.165, 1.54) is 70.6 Å². The number of phosphoric ester groups is 1. The molecule has 0 saturated heterocycles. The summed E-state index contributed by atoms with van der Waals surface area (Å²) >= 11 is 0. The largest absolute Gasteiger partial charge is 0.472 e. The quantitative estimate of drug-likeness (QED) is 0.0271. The van der Waals surface area contributed by atoms with E-state index in [0.29, 0.717) is 12.8 Å². The highest BCUT2D eigenvalue weighted by Gasteiger charge is 2.25. The highest BCUT2D eigenvalue weighted by Crippen LogP contribution is 2.43. The molecule has 0 aromatic carbocycles. The van der Waals surface area contributed by atoms with Crippen molar-refractivity contribution in [1.82, 2.24) is 0 Å². The minimum atomic E-state index is -4.41. The molecule has 0 heterocycles. The van der Waals surface area contributed by atoms with Crippen molar-refractivity contribution in [3.63, 3.8) is 0 Å². The Bertz CT molecular complexity index is 1170. The van der Waals surface area contributed by atoms with Crippen LogP contribution in [0.4, 0.5) is 0 Å². The molecule has 0 radical (unpaired) electrons. The highest BCUT2D eigenvalue weighted by atomic mass is 31.2. The van der Waals surface area contributed by atoms with Gasteiger partial charge in [0.1, 0.15) is 6.61 Å². The number of carbonyl (C=O) groups excluding carboxylic acids is 2. The third-order valence-electron chi connectivity index (χ3n) is 8.28. The molecule has 0 fully saturated rings. The van der Waals surface area contributed by atoms with Crippen LogP contribution < -0.4 is 5.73 Å². The van der Waals surface area contributed by atoms with E-state index in [1.807, 2.05) is 24.3 Å². The van der Waals surface area contributed by atoms with E-state index in [9.17, 15) is 19.0 Å². The van der Waals surface area contributed by atoms with E-state index < -0.39 is 32.5 Å². The smallest absolute Gasteiger partial charge is 0.462 e. The maximum atomic E-state index is 12.5. The van der Waals surface area contributed by atoms with Gasteiger partial charge in [0.25, 0.3) is 0 Å². The number of allylic oxidation sites excluding steroid dienone is 14. The van der Waals surface area contributed by atoms with Crippen LogP contribution in [-0.4, -0.2) is 49.3 Å². The topological polar surface area (TPSA) is 134 Å². The van der Waals surface area contributed by atoms with E-state index in [4.69, 9.17) is 24.3 Å². The van der Waals surface area contributed by atoms with Crippen molar-refractivity contribution in [3.8, 4) is 0 Å². The number of rotatable bonds is 38. The van der Waals surface area contributed by atoms with Gasteiger partial charge in [-0.3, -0.25) is 18.6 Å². The first-order valence-electron chi connectivity index (χ1n) is 21.1. The average Bonchev–Trinajstić information content (AvgIpc) is 3.17. The SMILES string of the molecule is CCCCCC/C=C\C/C=C\C/C=C\C/C=C\CCC(=O)OC(COC(=O)CC/C=C\C/C=C\C/C=C\CCCCCCCCC)COP(=O)(O)OCCN. The van der Waals surface area contributed by atoms with E-state index in [-0.39, 0.29) is 32.6 Å². The summed E-state index contributed by atoms with van der Waals surface area (Å²) in [5.74, 6) is -1.02. The van der Waals surface area contributed by atoms with Gasteiger partial charge >= 0.3 is 19.8 Å². The molecule has 0 amide bonds. The lowest BCUT2D eigenvalue weighted by molar-refractivity contribution is -0.161. The number of carbonyl (C=O) groups is 2. The molecule has 0 spiro atoms. The predicted octanol–water partition coefficient (Wildman–Crippen LogP) is 12.0. The van der Waals surface area contributed by atoms with Crippen molar-refractivity contribution >= 4 is 19.8 Å². The van der Waals surface area contributed by atoms with Crippen LogP contribution in [0.15, 0.2) is 85.1 Å². The van der Waals surface area contributed by atoms with E-state index in [2.05, 4.69) is 74.6 Å². The van der Waals surface area contributed by atoms with Gasteiger partial charge in [-0.1, -0.05) is 157 Å². The molecule has 0 aliphatic heterocycles. The van der Waals surface area contributed by atoms with Crippen LogP contribution >= 0.6 is 7.82 Å². The first-order valence-corrected chi connectivity index (χ1v) is 22.6. The third-order valence-corrected chi connectivity index (χ3v) is 9.26. The van der Waals surface area contributed by atoms with Gasteiger partial charge in [0.2, 0.25) is 0 Å². The summed E-state index contributed by atoms with van der Waals surface area (Å²) in [6, 6.07) is 0. The van der Waals surface area contributed by atoms with E-state index >= 15 is 0 Å². The second-order valence-corrected chi connectivity index (χ2v) is 14.9. The van der Waals surface area contributed by atoms with E-state index in [0.717, 1.165) is 44.9 Å². The number of nitrogens with two attached hydrogens (primary N) is 1. The maximum Gasteiger partial charge on any atom is 0.472 e. The molecule has 0 aliphatic rings. The number of phosphoric acid groups is 1. The zero-order valence-electron chi connectivity index (χ0n) is 34.4. The van der Waals surface area contributed by atoms with Crippen LogP contribution in [0.25, 0.3) is 0 Å². The van der Waals surface area contributed by atoms with Gasteiger partial charge in [0.05, 0.1) is 13.2 Å². The van der Waals surface area contributed by atoms with Gasteiger partial charge in [-0.15, -0.1) is 0 Å². The summed E-state index contributed by atoms with van der Waals surface area (Å²) in [6.07, 6.45) is 50.7. The molecule has 9 nitrogen and oxygen atoms in total. The first-order chi connectivity index (χ1) is 26.8. The van der Waals surface area contributed by atoms with Crippen molar-refractivity contribution in [1.29, 1.82) is 0 Å². The third kappa shape index (κ3) is 40.7. The Morgan fingerprint density at radius 1 is 0.545 bits per heavy atom. The molecule has 2 unspecified atom stereocenters. The van der Waals surface area contributed by atoms with Crippen molar-refractivity contribution < 1.29 is 37.6 Å². The first kappa shape index (κ1) is 52.2. The molecular formula is C45H76NO8P. The lowest BCUT2D eigenvalue weighted by atomic mass is 10.1. The molecule has 0 aromatic heterocycles. The zero-order chi connectivity index (χ0) is 40.3. The zero-order valence-corrected chi connectivity index (χ0v) is 35.3. The standard InChI is InChI=1S/C45H76NO8P/c1-3-5-7-9-11-13-15-17-19-21-23-25-27-29-31-33-35-37-44(47)51-41-43(42-53-55(49,50)52-40-39-46)54-45(48)38-36-34-32-30-28-26-24-22-20-18-16-14-12-10-8-6-4-2/h14,16,19-22,25-28,31-34,43H,3-13,15,17-18,23-24,29-30,35-42,46H2,1-2H3,(H,49,50)/b16-14-,21-19-,22-20-,27-25-,28-26-,33-31-,34-32-. The Labute approximate surface area is 334 Å². The van der Waals surface area contributed by atoms with Gasteiger partial charge in [0, 0.05) is 19.4 Å². The second kappa shape index (κ2) is 40.8. The van der Waals surface area contributed by atoms with Gasteiger partial charge in [0.15, 0.2) is 6.10 Å². The van der Waals surface area contributed by atoms with Crippen LogP contribution in [0.2, 0.25) is 0 Å². The molecule has 0 rings (SSSR count). The summed E-state index contributed by atoms with van der Waals surface area (Å²) in [4.78, 5) is 34.7. The fourth-order valence-corrected chi connectivity index (χ4v) is 5.90. The summed E-state index contributed by atoms with van der Waals surface area (Å²) in [5, 5.41) is 0. The Kier molecular flexibility index (Phi) is 38.8. The predicted molar refractivity (Wildman–Crippen MR) is 229 cm³/mol. The summed E-state index contributed by atoms with van der Waals surface area (Å²) < 4.78 is 32.6. The number of ether oxygens (including phenoxy) is 2. The monoisotopic (exact) mass is 790 g/mol. The fraction of sp³-hybridized carbons (Fsp3) is 0.644. The number of unbranched alkanes of at least 4 members (excludes halogenated alkanes) is 11. The molecule has 0 saturated carbocycles. The van der Waals surface area contributed by atoms with Crippen molar-refractivity contribution in [2.24, 2.45) is 5.73 Å². The minimum Gasteiger partial charge on any atom is -0.462 e. The van der Waals surface area contributed by atoms with Gasteiger partial charge in [-0.25, -0.2) is 4.57 Å².